The smallest absolute Gasteiger partial charge is 0.405 e. The summed E-state index contributed by atoms with van der Waals surface area (Å²) in [5.41, 5.74) is 3.70. The molecule has 0 aromatic heterocycles. The van der Waals surface area contributed by atoms with E-state index in [4.69, 9.17) is 15.2 Å². The Hall–Kier alpha value is -2.58. The van der Waals surface area contributed by atoms with Crippen LogP contribution in [0, 0.1) is 5.92 Å². The zero-order valence-electron chi connectivity index (χ0n) is 18.2. The lowest BCUT2D eigenvalue weighted by atomic mass is 9.81. The van der Waals surface area contributed by atoms with E-state index in [-0.39, 0.29) is 15.7 Å². The van der Waals surface area contributed by atoms with Crippen molar-refractivity contribution in [3.05, 3.63) is 54.1 Å². The standard InChI is InChI=1S/C23H29NO6S/c1-15(22(2,3)30-21(24)25)12-16-14-23(4,26)19-11-10-18(13-20(19)29-16)31(27,28)17-8-6-5-7-9-17/h5-11,13,15-16,26H,12,14H2,1-4H3,(H2,24,25). The minimum Gasteiger partial charge on any atom is -0.490 e. The van der Waals surface area contributed by atoms with Crippen molar-refractivity contribution in [2.24, 2.45) is 11.7 Å². The van der Waals surface area contributed by atoms with Gasteiger partial charge in [-0.15, -0.1) is 0 Å². The summed E-state index contributed by atoms with van der Waals surface area (Å²) in [4.78, 5) is 11.5. The van der Waals surface area contributed by atoms with Crippen molar-refractivity contribution < 1.29 is 27.8 Å². The number of ether oxygens (including phenoxy) is 2. The topological polar surface area (TPSA) is 116 Å². The molecule has 0 fully saturated rings. The summed E-state index contributed by atoms with van der Waals surface area (Å²) >= 11 is 0. The first-order valence-corrected chi connectivity index (χ1v) is 11.6. The van der Waals surface area contributed by atoms with Crippen LogP contribution in [0.25, 0.3) is 0 Å². The molecule has 8 heteroatoms. The van der Waals surface area contributed by atoms with Gasteiger partial charge in [0.05, 0.1) is 15.4 Å². The number of sulfone groups is 1. The number of aliphatic hydroxyl groups is 1. The molecule has 0 bridgehead atoms. The third kappa shape index (κ3) is 4.85. The first kappa shape index (κ1) is 23.1. The van der Waals surface area contributed by atoms with Gasteiger partial charge < -0.3 is 20.3 Å². The predicted molar refractivity (Wildman–Crippen MR) is 115 cm³/mol. The first-order chi connectivity index (χ1) is 14.3. The second-order valence-corrected chi connectivity index (χ2v) is 10.8. The number of primary amides is 1. The molecule has 0 aliphatic carbocycles. The number of amides is 1. The van der Waals surface area contributed by atoms with Crippen molar-refractivity contribution in [1.29, 1.82) is 0 Å². The summed E-state index contributed by atoms with van der Waals surface area (Å²) in [6.45, 7) is 7.12. The number of hydrogen-bond acceptors (Lipinski definition) is 6. The van der Waals surface area contributed by atoms with E-state index in [9.17, 15) is 18.3 Å². The normalized spacial score (nSPS) is 22.2. The average molecular weight is 448 g/mol. The minimum absolute atomic E-state index is 0.0966. The van der Waals surface area contributed by atoms with Crippen LogP contribution >= 0.6 is 0 Å². The number of benzene rings is 2. The lowest BCUT2D eigenvalue weighted by molar-refractivity contribution is -0.0454. The van der Waals surface area contributed by atoms with Crippen LogP contribution in [0.5, 0.6) is 5.75 Å². The van der Waals surface area contributed by atoms with Crippen LogP contribution in [0.4, 0.5) is 4.79 Å². The van der Waals surface area contributed by atoms with E-state index in [1.54, 1.807) is 45.0 Å². The molecule has 3 unspecified atom stereocenters. The summed E-state index contributed by atoms with van der Waals surface area (Å²) < 4.78 is 37.3. The van der Waals surface area contributed by atoms with Gasteiger partial charge in [-0.3, -0.25) is 0 Å². The molecule has 2 aromatic rings. The van der Waals surface area contributed by atoms with Gasteiger partial charge >= 0.3 is 6.09 Å². The number of nitrogens with two attached hydrogens (primary N) is 1. The Morgan fingerprint density at radius 3 is 2.52 bits per heavy atom. The van der Waals surface area contributed by atoms with Crippen LogP contribution < -0.4 is 10.5 Å². The molecule has 3 N–H and O–H groups in total. The van der Waals surface area contributed by atoms with Crippen LogP contribution in [0.1, 0.15) is 46.1 Å². The molecule has 3 rings (SSSR count). The van der Waals surface area contributed by atoms with Crippen LogP contribution in [-0.4, -0.2) is 31.3 Å². The molecule has 1 aliphatic rings. The predicted octanol–water partition coefficient (Wildman–Crippen LogP) is 3.78. The maximum atomic E-state index is 13.0. The summed E-state index contributed by atoms with van der Waals surface area (Å²) in [6, 6.07) is 12.7. The quantitative estimate of drug-likeness (QED) is 0.696. The Morgan fingerprint density at radius 1 is 1.26 bits per heavy atom. The lowest BCUT2D eigenvalue weighted by Crippen LogP contribution is -2.42. The Labute approximate surface area is 183 Å². The van der Waals surface area contributed by atoms with E-state index in [1.807, 2.05) is 6.92 Å². The number of carbonyl (C=O) groups excluding carboxylic acids is 1. The third-order valence-electron chi connectivity index (χ3n) is 5.98. The van der Waals surface area contributed by atoms with Gasteiger partial charge in [0, 0.05) is 12.0 Å². The van der Waals surface area contributed by atoms with Gasteiger partial charge in [0.25, 0.3) is 0 Å². The Kier molecular flexibility index (Phi) is 6.08. The molecule has 0 spiro atoms. The lowest BCUT2D eigenvalue weighted by Gasteiger charge is -2.39. The summed E-state index contributed by atoms with van der Waals surface area (Å²) in [5.74, 6) is 0.206. The van der Waals surface area contributed by atoms with Crippen molar-refractivity contribution in [1.82, 2.24) is 0 Å². The molecule has 0 saturated heterocycles. The molecule has 2 aromatic carbocycles. The highest BCUT2D eigenvalue weighted by Gasteiger charge is 2.40. The van der Waals surface area contributed by atoms with Gasteiger partial charge in [0.1, 0.15) is 17.5 Å². The highest BCUT2D eigenvalue weighted by Crippen LogP contribution is 2.43. The summed E-state index contributed by atoms with van der Waals surface area (Å²) in [6.07, 6.45) is -0.453. The number of carbonyl (C=O) groups is 1. The molecular formula is C23H29NO6S. The SMILES string of the molecule is CC(CC1CC(C)(O)c2ccc(S(=O)(=O)c3ccccc3)cc2O1)C(C)(C)OC(N)=O. The monoisotopic (exact) mass is 447 g/mol. The van der Waals surface area contributed by atoms with Crippen molar-refractivity contribution in [3.63, 3.8) is 0 Å². The molecule has 168 valence electrons. The fourth-order valence-electron chi connectivity index (χ4n) is 3.89. The number of hydrogen-bond donors (Lipinski definition) is 2. The second kappa shape index (κ2) is 8.16. The number of fused-ring (bicyclic) bond motifs is 1. The molecule has 1 amide bonds. The van der Waals surface area contributed by atoms with Crippen molar-refractivity contribution in [3.8, 4) is 5.75 Å². The van der Waals surface area contributed by atoms with E-state index in [0.29, 0.717) is 24.2 Å². The van der Waals surface area contributed by atoms with Gasteiger partial charge in [-0.05, 0) is 57.4 Å². The van der Waals surface area contributed by atoms with Crippen molar-refractivity contribution in [2.75, 3.05) is 0 Å². The zero-order valence-corrected chi connectivity index (χ0v) is 19.0. The molecule has 0 radical (unpaired) electrons. The number of rotatable bonds is 6. The van der Waals surface area contributed by atoms with Gasteiger partial charge in [-0.25, -0.2) is 13.2 Å². The maximum Gasteiger partial charge on any atom is 0.405 e. The first-order valence-electron chi connectivity index (χ1n) is 10.1. The average Bonchev–Trinajstić information content (AvgIpc) is 2.66. The maximum absolute atomic E-state index is 13.0. The van der Waals surface area contributed by atoms with Crippen LogP contribution in [0.3, 0.4) is 0 Å². The second-order valence-electron chi connectivity index (χ2n) is 8.85. The molecule has 1 aliphatic heterocycles. The fraction of sp³-hybridized carbons (Fsp3) is 0.435. The zero-order chi connectivity index (χ0) is 23.0. The highest BCUT2D eigenvalue weighted by molar-refractivity contribution is 7.91. The largest absolute Gasteiger partial charge is 0.490 e. The van der Waals surface area contributed by atoms with Crippen molar-refractivity contribution >= 4 is 15.9 Å². The van der Waals surface area contributed by atoms with Gasteiger partial charge in [-0.1, -0.05) is 31.2 Å². The van der Waals surface area contributed by atoms with E-state index in [0.717, 1.165) is 0 Å². The molecule has 7 nitrogen and oxygen atoms in total. The van der Waals surface area contributed by atoms with E-state index in [1.165, 1.54) is 24.3 Å². The van der Waals surface area contributed by atoms with Gasteiger partial charge in [0.2, 0.25) is 9.84 Å². The molecule has 31 heavy (non-hydrogen) atoms. The van der Waals surface area contributed by atoms with Gasteiger partial charge in [-0.2, -0.15) is 0 Å². The Morgan fingerprint density at radius 2 is 1.90 bits per heavy atom. The van der Waals surface area contributed by atoms with E-state index < -0.39 is 33.2 Å². The van der Waals surface area contributed by atoms with Crippen molar-refractivity contribution in [2.45, 2.75) is 67.6 Å². The van der Waals surface area contributed by atoms with Gasteiger partial charge in [0.15, 0.2) is 0 Å². The highest BCUT2D eigenvalue weighted by atomic mass is 32.2. The van der Waals surface area contributed by atoms with E-state index in [2.05, 4.69) is 0 Å². The molecule has 1 heterocycles. The van der Waals surface area contributed by atoms with E-state index >= 15 is 0 Å². The molecule has 0 saturated carbocycles. The Balaban J connectivity index is 1.89. The third-order valence-corrected chi connectivity index (χ3v) is 7.75. The fourth-order valence-corrected chi connectivity index (χ4v) is 5.19. The van der Waals surface area contributed by atoms with Crippen LogP contribution in [-0.2, 0) is 20.2 Å². The minimum atomic E-state index is -3.72. The Bertz CT molecular complexity index is 1060. The van der Waals surface area contributed by atoms with Crippen LogP contribution in [0.2, 0.25) is 0 Å². The summed E-state index contributed by atoms with van der Waals surface area (Å²) in [7, 11) is -3.72. The van der Waals surface area contributed by atoms with Crippen LogP contribution in [0.15, 0.2) is 58.3 Å². The molecular weight excluding hydrogens is 418 g/mol. The summed E-state index contributed by atoms with van der Waals surface area (Å²) in [5, 5.41) is 11.0. The molecule has 3 atom stereocenters.